The summed E-state index contributed by atoms with van der Waals surface area (Å²) in [6, 6.07) is 0. The summed E-state index contributed by atoms with van der Waals surface area (Å²) < 4.78 is 5.61. The van der Waals surface area contributed by atoms with Crippen molar-refractivity contribution in [1.29, 1.82) is 0 Å². The zero-order chi connectivity index (χ0) is 8.97. The Hall–Kier alpha value is -0.0800. The van der Waals surface area contributed by atoms with E-state index in [2.05, 4.69) is 6.92 Å². The van der Waals surface area contributed by atoms with Crippen molar-refractivity contribution in [2.45, 2.75) is 51.7 Å². The average Bonchev–Trinajstić information content (AvgIpc) is 2.03. The molecule has 0 aromatic carbocycles. The maximum absolute atomic E-state index is 9.04. The lowest BCUT2D eigenvalue weighted by Crippen LogP contribution is -2.28. The lowest BCUT2D eigenvalue weighted by atomic mass is 9.88. The van der Waals surface area contributed by atoms with E-state index < -0.39 is 0 Å². The Labute approximate surface area is 74.9 Å². The van der Waals surface area contributed by atoms with Crippen molar-refractivity contribution < 1.29 is 9.84 Å². The second-order valence-electron chi connectivity index (χ2n) is 3.98. The highest BCUT2D eigenvalue weighted by molar-refractivity contribution is 4.72. The van der Waals surface area contributed by atoms with E-state index in [1.54, 1.807) is 6.92 Å². The summed E-state index contributed by atoms with van der Waals surface area (Å²) in [5.74, 6) is 0.678. The van der Waals surface area contributed by atoms with Crippen LogP contribution in [0.4, 0.5) is 0 Å². The van der Waals surface area contributed by atoms with E-state index in [0.29, 0.717) is 18.6 Å². The first-order valence-corrected chi connectivity index (χ1v) is 5.00. The highest BCUT2D eigenvalue weighted by Gasteiger charge is 2.21. The van der Waals surface area contributed by atoms with Gasteiger partial charge in [0.2, 0.25) is 0 Å². The predicted molar refractivity (Wildman–Crippen MR) is 49.1 cm³/mol. The minimum atomic E-state index is -0.320. The predicted octanol–water partition coefficient (Wildman–Crippen LogP) is 1.96. The summed E-state index contributed by atoms with van der Waals surface area (Å²) in [5.41, 5.74) is 0. The molecule has 0 spiro atoms. The van der Waals surface area contributed by atoms with Gasteiger partial charge in [-0.2, -0.15) is 0 Å². The van der Waals surface area contributed by atoms with Gasteiger partial charge >= 0.3 is 0 Å². The van der Waals surface area contributed by atoms with E-state index in [0.717, 1.165) is 0 Å². The largest absolute Gasteiger partial charge is 0.391 e. The van der Waals surface area contributed by atoms with Crippen molar-refractivity contribution in [1.82, 2.24) is 0 Å². The second-order valence-corrected chi connectivity index (χ2v) is 3.98. The van der Waals surface area contributed by atoms with E-state index in [9.17, 15) is 0 Å². The van der Waals surface area contributed by atoms with Gasteiger partial charge < -0.3 is 9.84 Å². The molecule has 1 aliphatic rings. The van der Waals surface area contributed by atoms with Crippen LogP contribution in [0.2, 0.25) is 0 Å². The number of rotatable bonds is 3. The molecule has 1 aliphatic carbocycles. The third-order valence-corrected chi connectivity index (χ3v) is 2.58. The van der Waals surface area contributed by atoms with Crippen molar-refractivity contribution in [3.8, 4) is 0 Å². The Balaban J connectivity index is 2.20. The van der Waals surface area contributed by atoms with Crippen LogP contribution in [0.15, 0.2) is 0 Å². The van der Waals surface area contributed by atoms with Gasteiger partial charge in [-0.3, -0.25) is 0 Å². The van der Waals surface area contributed by atoms with Gasteiger partial charge in [-0.15, -0.1) is 0 Å². The Kier molecular flexibility index (Phi) is 4.02. The Morgan fingerprint density at radius 1 is 1.42 bits per heavy atom. The number of hydrogen-bond acceptors (Lipinski definition) is 2. The fourth-order valence-corrected chi connectivity index (χ4v) is 1.79. The Morgan fingerprint density at radius 3 is 2.67 bits per heavy atom. The number of ether oxygens (including phenoxy) is 1. The molecule has 1 fully saturated rings. The molecule has 0 heterocycles. The maximum atomic E-state index is 9.04. The normalized spacial score (nSPS) is 33.2. The molecule has 1 rings (SSSR count). The molecule has 1 N–H and O–H groups in total. The molecule has 2 heteroatoms. The van der Waals surface area contributed by atoms with Crippen molar-refractivity contribution >= 4 is 0 Å². The van der Waals surface area contributed by atoms with Gasteiger partial charge in [0.05, 0.1) is 18.8 Å². The number of aliphatic hydroxyl groups excluding tert-OH is 1. The van der Waals surface area contributed by atoms with Gasteiger partial charge in [-0.25, -0.2) is 0 Å². The fraction of sp³-hybridized carbons (Fsp3) is 1.00. The van der Waals surface area contributed by atoms with Gasteiger partial charge in [0.15, 0.2) is 0 Å². The SMILES string of the molecule is CC(O)COC1CCCCC1C. The Bertz CT molecular complexity index is 123. The lowest BCUT2D eigenvalue weighted by Gasteiger charge is -2.29. The van der Waals surface area contributed by atoms with E-state index in [1.165, 1.54) is 25.7 Å². The van der Waals surface area contributed by atoms with Crippen molar-refractivity contribution in [2.75, 3.05) is 6.61 Å². The van der Waals surface area contributed by atoms with E-state index in [1.807, 2.05) is 0 Å². The van der Waals surface area contributed by atoms with Gasteiger partial charge in [0.25, 0.3) is 0 Å². The van der Waals surface area contributed by atoms with Crippen molar-refractivity contribution in [2.24, 2.45) is 5.92 Å². The van der Waals surface area contributed by atoms with Crippen LogP contribution < -0.4 is 0 Å². The van der Waals surface area contributed by atoms with Crippen LogP contribution in [0, 0.1) is 5.92 Å². The first-order chi connectivity index (χ1) is 5.70. The van der Waals surface area contributed by atoms with Crippen molar-refractivity contribution in [3.63, 3.8) is 0 Å². The Morgan fingerprint density at radius 2 is 2.08 bits per heavy atom. The summed E-state index contributed by atoms with van der Waals surface area (Å²) >= 11 is 0. The molecule has 1 saturated carbocycles. The van der Waals surface area contributed by atoms with Crippen LogP contribution in [-0.4, -0.2) is 23.9 Å². The smallest absolute Gasteiger partial charge is 0.0745 e. The van der Waals surface area contributed by atoms with Crippen molar-refractivity contribution in [3.05, 3.63) is 0 Å². The first kappa shape index (κ1) is 10.0. The number of hydrogen-bond donors (Lipinski definition) is 1. The van der Waals surface area contributed by atoms with Crippen LogP contribution in [0.5, 0.6) is 0 Å². The fourth-order valence-electron chi connectivity index (χ4n) is 1.79. The van der Waals surface area contributed by atoms with E-state index >= 15 is 0 Å². The van der Waals surface area contributed by atoms with Crippen LogP contribution in [0.25, 0.3) is 0 Å². The molecule has 0 aliphatic heterocycles. The molecule has 0 saturated heterocycles. The molecule has 12 heavy (non-hydrogen) atoms. The second kappa shape index (κ2) is 4.83. The molecule has 0 amide bonds. The minimum absolute atomic E-state index is 0.320. The zero-order valence-corrected chi connectivity index (χ0v) is 8.12. The molecule has 0 aromatic rings. The zero-order valence-electron chi connectivity index (χ0n) is 8.12. The average molecular weight is 172 g/mol. The molecule has 3 unspecified atom stereocenters. The van der Waals surface area contributed by atoms with Crippen LogP contribution >= 0.6 is 0 Å². The molecule has 3 atom stereocenters. The topological polar surface area (TPSA) is 29.5 Å². The lowest BCUT2D eigenvalue weighted by molar-refractivity contribution is -0.0412. The summed E-state index contributed by atoms with van der Waals surface area (Å²) in [7, 11) is 0. The monoisotopic (exact) mass is 172 g/mol. The molecule has 0 bridgehead atoms. The van der Waals surface area contributed by atoms with Crippen LogP contribution in [-0.2, 0) is 4.74 Å². The first-order valence-electron chi connectivity index (χ1n) is 5.00. The minimum Gasteiger partial charge on any atom is -0.391 e. The molecule has 0 radical (unpaired) electrons. The van der Waals surface area contributed by atoms with Gasteiger partial charge in [0.1, 0.15) is 0 Å². The summed E-state index contributed by atoms with van der Waals surface area (Å²) in [4.78, 5) is 0. The number of aliphatic hydroxyl groups is 1. The van der Waals surface area contributed by atoms with Gasteiger partial charge in [0, 0.05) is 0 Å². The van der Waals surface area contributed by atoms with E-state index in [4.69, 9.17) is 9.84 Å². The van der Waals surface area contributed by atoms with E-state index in [-0.39, 0.29) is 6.10 Å². The highest BCUT2D eigenvalue weighted by atomic mass is 16.5. The van der Waals surface area contributed by atoms with Gasteiger partial charge in [-0.05, 0) is 25.7 Å². The van der Waals surface area contributed by atoms with Gasteiger partial charge in [-0.1, -0.05) is 19.8 Å². The standard InChI is InChI=1S/C10H20O2/c1-8-5-3-4-6-10(8)12-7-9(2)11/h8-11H,3-7H2,1-2H3. The quantitative estimate of drug-likeness (QED) is 0.705. The van der Waals surface area contributed by atoms with Crippen LogP contribution in [0.1, 0.15) is 39.5 Å². The molecular weight excluding hydrogens is 152 g/mol. The maximum Gasteiger partial charge on any atom is 0.0745 e. The summed E-state index contributed by atoms with van der Waals surface area (Å²) in [6.07, 6.45) is 5.16. The summed E-state index contributed by atoms with van der Waals surface area (Å²) in [6.45, 7) is 4.51. The molecule has 72 valence electrons. The van der Waals surface area contributed by atoms with Crippen LogP contribution in [0.3, 0.4) is 0 Å². The molecule has 2 nitrogen and oxygen atoms in total. The summed E-state index contributed by atoms with van der Waals surface area (Å²) in [5, 5.41) is 9.04. The highest BCUT2D eigenvalue weighted by Crippen LogP contribution is 2.26. The third kappa shape index (κ3) is 3.11. The molecular formula is C10H20O2. The molecule has 0 aromatic heterocycles. The third-order valence-electron chi connectivity index (χ3n) is 2.58.